The van der Waals surface area contributed by atoms with Gasteiger partial charge in [0.25, 0.3) is 5.56 Å². The number of carbonyl (C=O) groups is 2. The summed E-state index contributed by atoms with van der Waals surface area (Å²) in [6, 6.07) is 9.78. The molecule has 0 atom stereocenters. The molecule has 0 unspecified atom stereocenters. The van der Waals surface area contributed by atoms with Crippen molar-refractivity contribution in [3.8, 4) is 0 Å². The number of amides is 1. The number of aromatic carboxylic acids is 1. The van der Waals surface area contributed by atoms with Gasteiger partial charge in [0, 0.05) is 18.3 Å². The highest BCUT2D eigenvalue weighted by Gasteiger charge is 2.20. The van der Waals surface area contributed by atoms with Crippen molar-refractivity contribution in [1.29, 1.82) is 0 Å². The zero-order valence-electron chi connectivity index (χ0n) is 15.5. The third kappa shape index (κ3) is 4.28. The zero-order valence-corrected chi connectivity index (χ0v) is 16.3. The number of fused-ring (bicyclic) bond motifs is 1. The van der Waals surface area contributed by atoms with Gasteiger partial charge in [0.15, 0.2) is 0 Å². The Morgan fingerprint density at radius 2 is 1.96 bits per heavy atom. The second-order valence-corrected chi connectivity index (χ2v) is 7.25. The molecule has 146 valence electrons. The van der Waals surface area contributed by atoms with Crippen LogP contribution in [0.4, 0.5) is 0 Å². The molecular formula is C20H21N3O4S. The van der Waals surface area contributed by atoms with Crippen LogP contribution in [0.5, 0.6) is 0 Å². The van der Waals surface area contributed by atoms with Crippen LogP contribution >= 0.6 is 11.3 Å². The fraction of sp³-hybridized carbons (Fsp3) is 0.300. The Morgan fingerprint density at radius 3 is 2.64 bits per heavy atom. The van der Waals surface area contributed by atoms with Gasteiger partial charge in [-0.05, 0) is 18.4 Å². The summed E-state index contributed by atoms with van der Waals surface area (Å²) in [4.78, 5) is 41.6. The first-order valence-corrected chi connectivity index (χ1v) is 9.94. The zero-order chi connectivity index (χ0) is 20.1. The topological polar surface area (TPSA) is 101 Å². The second kappa shape index (κ2) is 8.79. The third-order valence-corrected chi connectivity index (χ3v) is 5.23. The number of benzene rings is 1. The Bertz CT molecular complexity index is 1060. The maximum atomic E-state index is 12.9. The number of aryl methyl sites for hydroxylation is 1. The lowest BCUT2D eigenvalue weighted by Gasteiger charge is -2.12. The van der Waals surface area contributed by atoms with Gasteiger partial charge in [0.1, 0.15) is 17.2 Å². The van der Waals surface area contributed by atoms with Crippen LogP contribution in [-0.2, 0) is 24.2 Å². The van der Waals surface area contributed by atoms with Gasteiger partial charge < -0.3 is 10.4 Å². The van der Waals surface area contributed by atoms with Gasteiger partial charge in [-0.3, -0.25) is 14.2 Å². The van der Waals surface area contributed by atoms with Gasteiger partial charge in [-0.25, -0.2) is 9.78 Å². The van der Waals surface area contributed by atoms with E-state index in [0.717, 1.165) is 23.3 Å². The maximum Gasteiger partial charge on any atom is 0.337 e. The molecule has 8 heteroatoms. The molecule has 3 rings (SSSR count). The Morgan fingerprint density at radius 1 is 1.21 bits per heavy atom. The van der Waals surface area contributed by atoms with E-state index in [1.54, 1.807) is 0 Å². The van der Waals surface area contributed by atoms with Crippen molar-refractivity contribution in [2.75, 3.05) is 6.54 Å². The summed E-state index contributed by atoms with van der Waals surface area (Å²) >= 11 is 1.13. The van der Waals surface area contributed by atoms with E-state index in [-0.39, 0.29) is 23.4 Å². The highest BCUT2D eigenvalue weighted by Crippen LogP contribution is 2.22. The standard InChI is InChI=1S/C20H21N3O4S/c1-2-6-15-22-18-17(14(12-28-18)20(26)27)19(25)23(15)11-16(24)21-10-9-13-7-4-3-5-8-13/h3-5,7-8,12H,2,6,9-11H2,1H3,(H,21,24)(H,26,27). The monoisotopic (exact) mass is 399 g/mol. The molecule has 0 saturated carbocycles. The summed E-state index contributed by atoms with van der Waals surface area (Å²) in [7, 11) is 0. The molecule has 1 aromatic carbocycles. The number of aromatic nitrogens is 2. The van der Waals surface area contributed by atoms with Crippen molar-refractivity contribution >= 4 is 33.4 Å². The van der Waals surface area contributed by atoms with Crippen molar-refractivity contribution in [3.63, 3.8) is 0 Å². The van der Waals surface area contributed by atoms with Crippen LogP contribution in [-0.4, -0.2) is 33.1 Å². The van der Waals surface area contributed by atoms with Gasteiger partial charge in [-0.15, -0.1) is 11.3 Å². The van der Waals surface area contributed by atoms with Gasteiger partial charge in [0.05, 0.1) is 10.9 Å². The van der Waals surface area contributed by atoms with Gasteiger partial charge in [-0.2, -0.15) is 0 Å². The molecule has 0 aliphatic rings. The minimum atomic E-state index is -1.17. The van der Waals surface area contributed by atoms with E-state index in [9.17, 15) is 19.5 Å². The number of nitrogens with one attached hydrogen (secondary N) is 1. The van der Waals surface area contributed by atoms with E-state index in [1.165, 1.54) is 9.95 Å². The lowest BCUT2D eigenvalue weighted by molar-refractivity contribution is -0.121. The summed E-state index contributed by atoms with van der Waals surface area (Å²) in [5, 5.41) is 13.6. The van der Waals surface area contributed by atoms with Crippen LogP contribution in [0.2, 0.25) is 0 Å². The number of carbonyl (C=O) groups excluding carboxylic acids is 1. The molecular weight excluding hydrogens is 378 g/mol. The molecule has 0 spiro atoms. The molecule has 2 heterocycles. The van der Waals surface area contributed by atoms with E-state index in [1.807, 2.05) is 37.3 Å². The number of rotatable bonds is 8. The minimum absolute atomic E-state index is 0.0643. The van der Waals surface area contributed by atoms with Gasteiger partial charge in [0.2, 0.25) is 5.91 Å². The summed E-state index contributed by atoms with van der Waals surface area (Å²) in [6.07, 6.45) is 1.97. The Hall–Kier alpha value is -3.00. The summed E-state index contributed by atoms with van der Waals surface area (Å²) in [5.41, 5.74) is 0.559. The first-order chi connectivity index (χ1) is 13.5. The molecule has 0 radical (unpaired) electrons. The van der Waals surface area contributed by atoms with Crippen molar-refractivity contribution in [3.05, 3.63) is 63.0 Å². The fourth-order valence-electron chi connectivity index (χ4n) is 2.99. The normalized spacial score (nSPS) is 10.9. The number of carboxylic acids is 1. The predicted octanol–water partition coefficient (Wildman–Crippen LogP) is 2.47. The number of hydrogen-bond donors (Lipinski definition) is 2. The summed E-state index contributed by atoms with van der Waals surface area (Å²) in [6.45, 7) is 2.23. The molecule has 7 nitrogen and oxygen atoms in total. The van der Waals surface area contributed by atoms with E-state index in [0.29, 0.717) is 30.0 Å². The smallest absolute Gasteiger partial charge is 0.337 e. The fourth-order valence-corrected chi connectivity index (χ4v) is 3.91. The van der Waals surface area contributed by atoms with Crippen LogP contribution in [0.1, 0.15) is 35.1 Å². The number of carboxylic acid groups (broad SMARTS) is 1. The lowest BCUT2D eigenvalue weighted by atomic mass is 10.1. The van der Waals surface area contributed by atoms with E-state index < -0.39 is 11.5 Å². The maximum absolute atomic E-state index is 12.9. The summed E-state index contributed by atoms with van der Waals surface area (Å²) in [5.74, 6) is -0.979. The molecule has 1 amide bonds. The van der Waals surface area contributed by atoms with E-state index in [4.69, 9.17) is 0 Å². The Balaban J connectivity index is 1.82. The molecule has 3 aromatic rings. The summed E-state index contributed by atoms with van der Waals surface area (Å²) < 4.78 is 1.29. The van der Waals surface area contributed by atoms with Crippen molar-refractivity contribution < 1.29 is 14.7 Å². The van der Waals surface area contributed by atoms with Crippen LogP contribution in [0.25, 0.3) is 10.2 Å². The largest absolute Gasteiger partial charge is 0.478 e. The average molecular weight is 399 g/mol. The van der Waals surface area contributed by atoms with Crippen LogP contribution in [0.3, 0.4) is 0 Å². The van der Waals surface area contributed by atoms with Crippen molar-refractivity contribution in [1.82, 2.24) is 14.9 Å². The van der Waals surface area contributed by atoms with Crippen molar-refractivity contribution in [2.45, 2.75) is 32.7 Å². The number of nitrogens with zero attached hydrogens (tertiary/aromatic N) is 2. The van der Waals surface area contributed by atoms with Crippen LogP contribution in [0, 0.1) is 0 Å². The predicted molar refractivity (Wildman–Crippen MR) is 108 cm³/mol. The van der Waals surface area contributed by atoms with E-state index >= 15 is 0 Å². The Labute approximate surface area is 165 Å². The van der Waals surface area contributed by atoms with Crippen LogP contribution < -0.4 is 10.9 Å². The first kappa shape index (κ1) is 19.8. The second-order valence-electron chi connectivity index (χ2n) is 6.39. The van der Waals surface area contributed by atoms with Gasteiger partial charge >= 0.3 is 5.97 Å². The molecule has 0 aliphatic carbocycles. The molecule has 0 saturated heterocycles. The molecule has 28 heavy (non-hydrogen) atoms. The molecule has 0 fully saturated rings. The first-order valence-electron chi connectivity index (χ1n) is 9.06. The molecule has 2 N–H and O–H groups in total. The number of hydrogen-bond acceptors (Lipinski definition) is 5. The number of thiophene rings is 1. The van der Waals surface area contributed by atoms with Crippen molar-refractivity contribution in [2.24, 2.45) is 0 Å². The quantitative estimate of drug-likeness (QED) is 0.606. The molecule has 2 aromatic heterocycles. The van der Waals surface area contributed by atoms with Gasteiger partial charge in [-0.1, -0.05) is 37.3 Å². The highest BCUT2D eigenvalue weighted by atomic mass is 32.1. The SMILES string of the molecule is CCCc1nc2scc(C(=O)O)c2c(=O)n1CC(=O)NCCc1ccccc1. The molecule has 0 aliphatic heterocycles. The van der Waals surface area contributed by atoms with Crippen LogP contribution in [0.15, 0.2) is 40.5 Å². The lowest BCUT2D eigenvalue weighted by Crippen LogP contribution is -2.35. The molecule has 0 bridgehead atoms. The Kier molecular flexibility index (Phi) is 6.20. The highest BCUT2D eigenvalue weighted by molar-refractivity contribution is 7.17. The third-order valence-electron chi connectivity index (χ3n) is 4.36. The van der Waals surface area contributed by atoms with E-state index in [2.05, 4.69) is 10.3 Å². The average Bonchev–Trinajstić information content (AvgIpc) is 3.10. The minimum Gasteiger partial charge on any atom is -0.478 e.